The fourth-order valence-corrected chi connectivity index (χ4v) is 6.61. The standard InChI is InChI=1S/C27H24N4O7S2/c1-35-27(32)23-14-25(40(2,33)34)24(39-23)16-37-26-20(15-28)19(21-7-10-38-30-21)13-22(29-26)17-3-5-18(6-4-17)31-8-11-36-12-9-31/h3-7,10,13-14H,8-9,11-12,16H2,1-2H3. The predicted octanol–water partition coefficient (Wildman–Crippen LogP) is 3.94. The van der Waals surface area contributed by atoms with Gasteiger partial charge >= 0.3 is 5.97 Å². The fourth-order valence-electron chi connectivity index (χ4n) is 4.26. The van der Waals surface area contributed by atoms with E-state index in [2.05, 4.69) is 21.1 Å². The number of pyridine rings is 1. The normalized spacial score (nSPS) is 13.6. The van der Waals surface area contributed by atoms with Crippen molar-refractivity contribution < 1.29 is 31.9 Å². The number of methoxy groups -OCH3 is 1. The number of morpholine rings is 1. The summed E-state index contributed by atoms with van der Waals surface area (Å²) in [6.45, 7) is 2.71. The van der Waals surface area contributed by atoms with Crippen LogP contribution in [0.15, 0.2) is 58.1 Å². The first-order valence-corrected chi connectivity index (χ1v) is 14.8. The first-order valence-electron chi connectivity index (χ1n) is 12.1. The fraction of sp³-hybridized carbons (Fsp3) is 0.259. The van der Waals surface area contributed by atoms with Crippen LogP contribution in [0.4, 0.5) is 5.69 Å². The molecule has 4 heterocycles. The molecule has 0 spiro atoms. The minimum Gasteiger partial charge on any atom is -0.471 e. The van der Waals surface area contributed by atoms with Gasteiger partial charge in [0.25, 0.3) is 0 Å². The monoisotopic (exact) mass is 580 g/mol. The van der Waals surface area contributed by atoms with E-state index in [0.717, 1.165) is 41.9 Å². The lowest BCUT2D eigenvalue weighted by Gasteiger charge is -2.28. The van der Waals surface area contributed by atoms with E-state index in [1.807, 2.05) is 24.3 Å². The van der Waals surface area contributed by atoms with Crippen LogP contribution in [0, 0.1) is 11.3 Å². The van der Waals surface area contributed by atoms with E-state index >= 15 is 0 Å². The molecule has 1 aromatic carbocycles. The Balaban J connectivity index is 1.53. The number of hydrogen-bond donors (Lipinski definition) is 0. The summed E-state index contributed by atoms with van der Waals surface area (Å²) in [5.41, 5.74) is 3.31. The molecule has 40 heavy (non-hydrogen) atoms. The minimum atomic E-state index is -3.68. The first kappa shape index (κ1) is 27.3. The Hall–Kier alpha value is -4.25. The number of sulfone groups is 1. The molecule has 0 atom stereocenters. The summed E-state index contributed by atoms with van der Waals surface area (Å²) >= 11 is 0.939. The number of nitrogens with zero attached hydrogens (tertiary/aromatic N) is 4. The van der Waals surface area contributed by atoms with Crippen LogP contribution in [0.2, 0.25) is 0 Å². The SMILES string of the molecule is COC(=O)c1cc(S(C)(=O)=O)c(COc2nc(-c3ccc(N4CCOCC4)cc3)cc(-c3ccon3)c2C#N)s1. The summed E-state index contributed by atoms with van der Waals surface area (Å²) in [5, 5.41) is 14.0. The van der Waals surface area contributed by atoms with E-state index in [-0.39, 0.29) is 32.7 Å². The average molecular weight is 581 g/mol. The third-order valence-electron chi connectivity index (χ3n) is 6.25. The molecule has 0 unspecified atom stereocenters. The van der Waals surface area contributed by atoms with E-state index in [9.17, 15) is 18.5 Å². The Kier molecular flexibility index (Phi) is 7.83. The van der Waals surface area contributed by atoms with Gasteiger partial charge in [0.1, 0.15) is 35.1 Å². The molecule has 0 radical (unpaired) electrons. The quantitative estimate of drug-likeness (QED) is 0.279. The van der Waals surface area contributed by atoms with Gasteiger partial charge in [0, 0.05) is 42.2 Å². The summed E-state index contributed by atoms with van der Waals surface area (Å²) in [7, 11) is -2.47. The number of aromatic nitrogens is 2. The van der Waals surface area contributed by atoms with Gasteiger partial charge in [-0.25, -0.2) is 18.2 Å². The molecular formula is C27H24N4O7S2. The van der Waals surface area contributed by atoms with Gasteiger partial charge in [-0.2, -0.15) is 5.26 Å². The highest BCUT2D eigenvalue weighted by atomic mass is 32.2. The zero-order valence-corrected chi connectivity index (χ0v) is 23.3. The molecule has 0 bridgehead atoms. The third-order valence-corrected chi connectivity index (χ3v) is 8.63. The van der Waals surface area contributed by atoms with E-state index < -0.39 is 15.8 Å². The van der Waals surface area contributed by atoms with E-state index in [1.165, 1.54) is 19.4 Å². The molecule has 13 heteroatoms. The van der Waals surface area contributed by atoms with Gasteiger partial charge < -0.3 is 23.6 Å². The van der Waals surface area contributed by atoms with Crippen LogP contribution in [0.1, 0.15) is 20.1 Å². The third kappa shape index (κ3) is 5.69. The average Bonchev–Trinajstić information content (AvgIpc) is 3.66. The molecule has 206 valence electrons. The second kappa shape index (κ2) is 11.5. The summed E-state index contributed by atoms with van der Waals surface area (Å²) in [5.74, 6) is -0.671. The Morgan fingerprint density at radius 3 is 2.52 bits per heavy atom. The van der Waals surface area contributed by atoms with Crippen molar-refractivity contribution in [3.63, 3.8) is 0 Å². The molecule has 3 aromatic heterocycles. The smallest absolute Gasteiger partial charge is 0.348 e. The number of benzene rings is 1. The molecular weight excluding hydrogens is 556 g/mol. The highest BCUT2D eigenvalue weighted by Crippen LogP contribution is 2.35. The Bertz CT molecular complexity index is 1670. The Morgan fingerprint density at radius 2 is 1.90 bits per heavy atom. The Morgan fingerprint density at radius 1 is 1.15 bits per heavy atom. The zero-order valence-electron chi connectivity index (χ0n) is 21.6. The van der Waals surface area contributed by atoms with Crippen LogP contribution in [-0.4, -0.2) is 64.2 Å². The van der Waals surface area contributed by atoms with E-state index in [0.29, 0.717) is 30.2 Å². The van der Waals surface area contributed by atoms with Crippen LogP contribution in [-0.2, 0) is 25.9 Å². The summed E-state index contributed by atoms with van der Waals surface area (Å²) in [6, 6.07) is 14.6. The summed E-state index contributed by atoms with van der Waals surface area (Å²) in [4.78, 5) is 19.2. The Labute approximate surface area is 234 Å². The van der Waals surface area contributed by atoms with Crippen LogP contribution in [0.5, 0.6) is 5.88 Å². The molecule has 0 saturated carbocycles. The lowest BCUT2D eigenvalue weighted by Crippen LogP contribution is -2.36. The number of thiophene rings is 1. The number of ether oxygens (including phenoxy) is 3. The first-order chi connectivity index (χ1) is 19.3. The lowest BCUT2D eigenvalue weighted by atomic mass is 10.0. The van der Waals surface area contributed by atoms with Gasteiger partial charge in [-0.05, 0) is 24.3 Å². The number of anilines is 1. The van der Waals surface area contributed by atoms with Gasteiger partial charge in [0.2, 0.25) is 5.88 Å². The number of rotatable bonds is 8. The van der Waals surface area contributed by atoms with Gasteiger partial charge in [-0.1, -0.05) is 17.3 Å². The number of carbonyl (C=O) groups is 1. The molecule has 5 rings (SSSR count). The molecule has 11 nitrogen and oxygen atoms in total. The minimum absolute atomic E-state index is 0.0114. The van der Waals surface area contributed by atoms with Crippen molar-refractivity contribution in [1.82, 2.24) is 10.1 Å². The van der Waals surface area contributed by atoms with Crippen LogP contribution >= 0.6 is 11.3 Å². The van der Waals surface area contributed by atoms with E-state index in [1.54, 1.807) is 12.1 Å². The van der Waals surface area contributed by atoms with Gasteiger partial charge in [-0.3, -0.25) is 0 Å². The van der Waals surface area contributed by atoms with Crippen molar-refractivity contribution in [1.29, 1.82) is 5.26 Å². The maximum Gasteiger partial charge on any atom is 0.348 e. The molecule has 1 aliphatic rings. The van der Waals surface area contributed by atoms with Crippen molar-refractivity contribution in [2.45, 2.75) is 11.5 Å². The second-order valence-electron chi connectivity index (χ2n) is 8.83. The highest BCUT2D eigenvalue weighted by molar-refractivity contribution is 7.91. The summed E-state index contributed by atoms with van der Waals surface area (Å²) < 4.78 is 46.0. The van der Waals surface area contributed by atoms with Crippen molar-refractivity contribution in [2.24, 2.45) is 0 Å². The molecule has 0 aliphatic carbocycles. The number of esters is 1. The topological polar surface area (TPSA) is 145 Å². The van der Waals surface area contributed by atoms with Crippen molar-refractivity contribution in [3.05, 3.63) is 64.0 Å². The van der Waals surface area contributed by atoms with Gasteiger partial charge in [0.05, 0.1) is 35.8 Å². The zero-order chi connectivity index (χ0) is 28.3. The van der Waals surface area contributed by atoms with E-state index in [4.69, 9.17) is 18.7 Å². The van der Waals surface area contributed by atoms with Crippen molar-refractivity contribution >= 4 is 32.8 Å². The molecule has 1 aliphatic heterocycles. The van der Waals surface area contributed by atoms with Crippen molar-refractivity contribution in [2.75, 3.05) is 44.6 Å². The largest absolute Gasteiger partial charge is 0.471 e. The molecule has 4 aromatic rings. The van der Waals surface area contributed by atoms with Crippen molar-refractivity contribution in [3.8, 4) is 34.5 Å². The molecule has 0 N–H and O–H groups in total. The number of nitriles is 1. The second-order valence-corrected chi connectivity index (χ2v) is 11.9. The van der Waals surface area contributed by atoms with Crippen LogP contribution < -0.4 is 9.64 Å². The molecule has 0 amide bonds. The lowest BCUT2D eigenvalue weighted by molar-refractivity contribution is 0.0606. The number of hydrogen-bond acceptors (Lipinski definition) is 12. The van der Waals surface area contributed by atoms with Gasteiger partial charge in [0.15, 0.2) is 9.84 Å². The van der Waals surface area contributed by atoms with Gasteiger partial charge in [-0.15, -0.1) is 11.3 Å². The molecule has 1 saturated heterocycles. The predicted molar refractivity (Wildman–Crippen MR) is 146 cm³/mol. The molecule has 1 fully saturated rings. The summed E-state index contributed by atoms with van der Waals surface area (Å²) in [6.07, 6.45) is 2.44. The van der Waals surface area contributed by atoms with Crippen LogP contribution in [0.3, 0.4) is 0 Å². The highest BCUT2D eigenvalue weighted by Gasteiger charge is 2.24. The van der Waals surface area contributed by atoms with Crippen LogP contribution in [0.25, 0.3) is 22.5 Å². The maximum absolute atomic E-state index is 12.4. The maximum atomic E-state index is 12.4. The number of carbonyl (C=O) groups excluding carboxylic acids is 1.